The van der Waals surface area contributed by atoms with E-state index in [4.69, 9.17) is 24.7 Å². The van der Waals surface area contributed by atoms with Crippen LogP contribution in [0.1, 0.15) is 91.5 Å². The van der Waals surface area contributed by atoms with Crippen LogP contribution in [-0.2, 0) is 35.3 Å². The zero-order chi connectivity index (χ0) is 53.6. The van der Waals surface area contributed by atoms with Gasteiger partial charge in [-0.3, -0.25) is 24.2 Å². The molecule has 0 unspecified atom stereocenters. The number of nitrogens with zero attached hydrogens (tertiary/aromatic N) is 1. The zero-order valence-electron chi connectivity index (χ0n) is 44.5. The number of ketones is 2. The van der Waals surface area contributed by atoms with E-state index < -0.39 is 41.4 Å². The summed E-state index contributed by atoms with van der Waals surface area (Å²) in [6, 6.07) is 32.1. The zero-order valence-corrected chi connectivity index (χ0v) is 45.3. The molecular formula is C60H77N4O9P. The Morgan fingerprint density at radius 1 is 0.757 bits per heavy atom. The fourth-order valence-corrected chi connectivity index (χ4v) is 9.55. The van der Waals surface area contributed by atoms with Gasteiger partial charge in [0.15, 0.2) is 11.6 Å². The lowest BCUT2D eigenvalue weighted by Gasteiger charge is -2.24. The van der Waals surface area contributed by atoms with Gasteiger partial charge in [0.2, 0.25) is 5.91 Å². The standard InChI is InChI=1S/C60H77N4O9P/c1-9-34-70-52-30-28-43-22-13-15-25-48(43)55(52)56-49-26-16-14-23-44(49)29-31-53(56)71-39-47(65)36-45(24-17-18-32-63-59(69)73-60(4,5)6)57(67)64-50(27-19-33-62-54(61)40-74(7)8)51(66)37-46(35-41(2)3)58(68)72-38-42-20-11-10-12-21-42/h9-16,20-23,25-26,28-31,41,45-46,50H,1,17-19,24,27,32-40H2,2-8H3,(H2,61,62)(H,63,69)(H,64,67)/t45-,46+,50+/m0/s1. The predicted molar refractivity (Wildman–Crippen MR) is 299 cm³/mol. The van der Waals surface area contributed by atoms with Gasteiger partial charge >= 0.3 is 12.1 Å². The highest BCUT2D eigenvalue weighted by Crippen LogP contribution is 2.45. The Labute approximate surface area is 439 Å². The van der Waals surface area contributed by atoms with Gasteiger partial charge in [-0.25, -0.2) is 4.79 Å². The van der Waals surface area contributed by atoms with E-state index >= 15 is 0 Å². The summed E-state index contributed by atoms with van der Waals surface area (Å²) >= 11 is 0. The molecule has 5 rings (SSSR count). The van der Waals surface area contributed by atoms with Crippen molar-refractivity contribution in [1.82, 2.24) is 10.6 Å². The first kappa shape index (κ1) is 58.3. The molecule has 0 aliphatic heterocycles. The van der Waals surface area contributed by atoms with E-state index in [9.17, 15) is 24.0 Å². The Morgan fingerprint density at radius 2 is 1.38 bits per heavy atom. The van der Waals surface area contributed by atoms with E-state index in [0.717, 1.165) is 38.2 Å². The molecule has 0 heterocycles. The van der Waals surface area contributed by atoms with Crippen molar-refractivity contribution < 1.29 is 42.9 Å². The van der Waals surface area contributed by atoms with Crippen molar-refractivity contribution in [3.05, 3.63) is 121 Å². The molecule has 0 aromatic heterocycles. The minimum atomic E-state index is -0.981. The maximum Gasteiger partial charge on any atom is 0.407 e. The number of amides is 2. The fourth-order valence-electron chi connectivity index (χ4n) is 8.81. The molecule has 74 heavy (non-hydrogen) atoms. The second-order valence-electron chi connectivity index (χ2n) is 20.5. The van der Waals surface area contributed by atoms with Crippen LogP contribution >= 0.6 is 7.92 Å². The Morgan fingerprint density at radius 3 is 1.99 bits per heavy atom. The second kappa shape index (κ2) is 29.3. The predicted octanol–water partition coefficient (Wildman–Crippen LogP) is 11.6. The van der Waals surface area contributed by atoms with Crippen molar-refractivity contribution in [2.45, 2.75) is 104 Å². The number of nitrogens with one attached hydrogen (secondary N) is 2. The summed E-state index contributed by atoms with van der Waals surface area (Å²) in [6.45, 7) is 18.1. The molecular weight excluding hydrogens is 952 g/mol. The number of rotatable bonds is 30. The number of hydrogen-bond donors (Lipinski definition) is 3. The molecule has 0 saturated carbocycles. The SMILES string of the molecule is C=CCOc1ccc2ccccc2c1-c1c(OCC(=O)C[C@H](CCCCNC(=O)OC(C)(C)C)C(=O)N[C@H](CCCN=C(N)CP(C)C)C(=O)C[C@@H](CC(C)C)C(=O)OCc2ccccc2)ccc2ccccc12. The average molecular weight is 1030 g/mol. The molecule has 13 nitrogen and oxygen atoms in total. The summed E-state index contributed by atoms with van der Waals surface area (Å²) in [5.41, 5.74) is 7.95. The Bertz CT molecular complexity index is 2700. The first-order valence-corrected chi connectivity index (χ1v) is 28.2. The van der Waals surface area contributed by atoms with Gasteiger partial charge in [0.25, 0.3) is 0 Å². The smallest absolute Gasteiger partial charge is 0.407 e. The van der Waals surface area contributed by atoms with Crippen molar-refractivity contribution in [3.63, 3.8) is 0 Å². The van der Waals surface area contributed by atoms with Crippen LogP contribution < -0.4 is 25.8 Å². The molecule has 2 amide bonds. The first-order chi connectivity index (χ1) is 35.4. The van der Waals surface area contributed by atoms with E-state index in [-0.39, 0.29) is 77.5 Å². The Kier molecular flexibility index (Phi) is 23.1. The molecule has 5 aromatic rings. The number of benzene rings is 5. The summed E-state index contributed by atoms with van der Waals surface area (Å²) in [7, 11) is -0.298. The fraction of sp³-hybridized carbons (Fsp3) is 0.433. The van der Waals surface area contributed by atoms with Crippen LogP contribution in [0.5, 0.6) is 11.5 Å². The highest BCUT2D eigenvalue weighted by Gasteiger charge is 2.32. The third-order valence-corrected chi connectivity index (χ3v) is 13.1. The van der Waals surface area contributed by atoms with E-state index in [0.29, 0.717) is 55.7 Å². The summed E-state index contributed by atoms with van der Waals surface area (Å²) in [5, 5.41) is 9.60. The molecule has 0 spiro atoms. The highest BCUT2D eigenvalue weighted by molar-refractivity contribution is 7.57. The summed E-state index contributed by atoms with van der Waals surface area (Å²) < 4.78 is 23.9. The molecule has 0 fully saturated rings. The van der Waals surface area contributed by atoms with Gasteiger partial charge < -0.3 is 35.3 Å². The number of carbonyl (C=O) groups excluding carboxylic acids is 5. The van der Waals surface area contributed by atoms with Gasteiger partial charge in [-0.2, -0.15) is 0 Å². The average Bonchev–Trinajstić information content (AvgIpc) is 3.36. The molecule has 0 radical (unpaired) electrons. The number of amidine groups is 1. The van der Waals surface area contributed by atoms with E-state index in [1.807, 2.05) is 117 Å². The molecule has 0 saturated heterocycles. The van der Waals surface area contributed by atoms with Crippen LogP contribution in [-0.4, -0.2) is 92.8 Å². The normalized spacial score (nSPS) is 13.0. The molecule has 0 aliphatic carbocycles. The largest absolute Gasteiger partial charge is 0.489 e. The minimum absolute atomic E-state index is 0.0724. The number of esters is 1. The number of fused-ring (bicyclic) bond motifs is 2. The summed E-state index contributed by atoms with van der Waals surface area (Å²) in [5.74, 6) is -1.47. The van der Waals surface area contributed by atoms with E-state index in [1.54, 1.807) is 26.8 Å². The maximum absolute atomic E-state index is 14.6. The highest BCUT2D eigenvalue weighted by atomic mass is 31.1. The minimum Gasteiger partial charge on any atom is -0.489 e. The maximum atomic E-state index is 14.6. The number of carbonyl (C=O) groups is 5. The number of nitrogens with two attached hydrogens (primary N) is 1. The Hall–Kier alpha value is -6.59. The number of hydrogen-bond acceptors (Lipinski definition) is 10. The van der Waals surface area contributed by atoms with Gasteiger partial charge in [-0.15, -0.1) is 7.92 Å². The molecule has 4 N–H and O–H groups in total. The summed E-state index contributed by atoms with van der Waals surface area (Å²) in [4.78, 5) is 74.0. The molecule has 5 aromatic carbocycles. The van der Waals surface area contributed by atoms with Crippen LogP contribution in [0.2, 0.25) is 0 Å². The Balaban J connectivity index is 1.41. The van der Waals surface area contributed by atoms with Crippen LogP contribution in [0.15, 0.2) is 121 Å². The third kappa shape index (κ3) is 19.0. The van der Waals surface area contributed by atoms with Gasteiger partial charge in [-0.1, -0.05) is 124 Å². The second-order valence-corrected chi connectivity index (χ2v) is 23.0. The lowest BCUT2D eigenvalue weighted by molar-refractivity contribution is -0.152. The van der Waals surface area contributed by atoms with Crippen molar-refractivity contribution in [1.29, 1.82) is 0 Å². The van der Waals surface area contributed by atoms with Crippen LogP contribution in [0, 0.1) is 17.8 Å². The van der Waals surface area contributed by atoms with Crippen molar-refractivity contribution in [2.24, 2.45) is 28.5 Å². The number of Topliss-reactive ketones (excluding diaryl/α,β-unsaturated/α-hetero) is 2. The molecule has 396 valence electrons. The van der Waals surface area contributed by atoms with E-state index in [1.165, 1.54) is 0 Å². The quantitative estimate of drug-likeness (QED) is 0.00998. The lowest BCUT2D eigenvalue weighted by atomic mass is 9.89. The topological polar surface area (TPSA) is 185 Å². The van der Waals surface area contributed by atoms with Crippen LogP contribution in [0.4, 0.5) is 4.79 Å². The van der Waals surface area contributed by atoms with Gasteiger partial charge in [-0.05, 0) is 111 Å². The van der Waals surface area contributed by atoms with Crippen molar-refractivity contribution in [3.8, 4) is 22.6 Å². The summed E-state index contributed by atoms with van der Waals surface area (Å²) in [6.07, 6.45) is 3.84. The molecule has 14 heteroatoms. The van der Waals surface area contributed by atoms with Gasteiger partial charge in [0.1, 0.15) is 36.9 Å². The molecule has 0 aliphatic rings. The number of unbranched alkanes of at least 4 members (excludes halogenated alkanes) is 1. The van der Waals surface area contributed by atoms with Gasteiger partial charge in [0.05, 0.1) is 17.8 Å². The van der Waals surface area contributed by atoms with Crippen LogP contribution in [0.3, 0.4) is 0 Å². The third-order valence-electron chi connectivity index (χ3n) is 12.2. The van der Waals surface area contributed by atoms with E-state index in [2.05, 4.69) is 35.5 Å². The first-order valence-electron chi connectivity index (χ1n) is 25.8. The lowest BCUT2D eigenvalue weighted by Crippen LogP contribution is -2.45. The number of aliphatic imine (C=N–C) groups is 1. The molecule has 0 bridgehead atoms. The van der Waals surface area contributed by atoms with Crippen LogP contribution in [0.25, 0.3) is 32.7 Å². The van der Waals surface area contributed by atoms with Crippen molar-refractivity contribution in [2.75, 3.05) is 45.8 Å². The molecule has 3 atom stereocenters. The van der Waals surface area contributed by atoms with Gasteiger partial charge in [0, 0.05) is 49.1 Å². The number of ether oxygens (including phenoxy) is 4. The number of alkyl carbamates (subject to hydrolysis) is 1. The van der Waals surface area contributed by atoms with Crippen molar-refractivity contribution >= 4 is 64.8 Å². The monoisotopic (exact) mass is 1030 g/mol.